The van der Waals surface area contributed by atoms with E-state index >= 15 is 0 Å². The first kappa shape index (κ1) is 11.4. The number of benzene rings is 1. The molecule has 0 saturated carbocycles. The van der Waals surface area contributed by atoms with Crippen molar-refractivity contribution < 1.29 is 17.7 Å². The average Bonchev–Trinajstić information content (AvgIpc) is 2.05. The van der Waals surface area contributed by atoms with Crippen LogP contribution >= 0.6 is 15.9 Å². The summed E-state index contributed by atoms with van der Waals surface area (Å²) in [6.07, 6.45) is 0. The standard InChI is InChI=1S/C7H8BrNO4S/c8-6-1-2-7(10)5(3-6)4-13-14(9,11)12/h1-3,10H,4H2,(H2,9,11,12). The zero-order valence-electron chi connectivity index (χ0n) is 6.97. The first-order valence-electron chi connectivity index (χ1n) is 3.53. The van der Waals surface area contributed by atoms with Gasteiger partial charge in [-0.1, -0.05) is 15.9 Å². The van der Waals surface area contributed by atoms with E-state index < -0.39 is 10.3 Å². The highest BCUT2D eigenvalue weighted by Crippen LogP contribution is 2.22. The zero-order chi connectivity index (χ0) is 10.8. The van der Waals surface area contributed by atoms with Gasteiger partial charge in [0.25, 0.3) is 0 Å². The lowest BCUT2D eigenvalue weighted by molar-refractivity contribution is 0.302. The van der Waals surface area contributed by atoms with Crippen molar-refractivity contribution in [3.05, 3.63) is 28.2 Å². The molecule has 0 fully saturated rings. The molecule has 1 rings (SSSR count). The summed E-state index contributed by atoms with van der Waals surface area (Å²) in [5.41, 5.74) is 0.341. The van der Waals surface area contributed by atoms with Crippen molar-refractivity contribution in [2.45, 2.75) is 6.61 Å². The minimum absolute atomic E-state index is 0.0446. The van der Waals surface area contributed by atoms with Crippen LogP contribution in [0.3, 0.4) is 0 Å². The molecule has 5 nitrogen and oxygen atoms in total. The van der Waals surface area contributed by atoms with E-state index in [1.807, 2.05) is 0 Å². The van der Waals surface area contributed by atoms with E-state index in [2.05, 4.69) is 25.3 Å². The van der Waals surface area contributed by atoms with Gasteiger partial charge in [0.15, 0.2) is 0 Å². The lowest BCUT2D eigenvalue weighted by Gasteiger charge is -2.04. The molecule has 1 aromatic carbocycles. The predicted octanol–water partition coefficient (Wildman–Crippen LogP) is 0.875. The molecular weight excluding hydrogens is 274 g/mol. The van der Waals surface area contributed by atoms with Gasteiger partial charge in [0.2, 0.25) is 0 Å². The fourth-order valence-corrected chi connectivity index (χ4v) is 1.52. The molecule has 0 heterocycles. The predicted molar refractivity (Wildman–Crippen MR) is 53.7 cm³/mol. The number of nitrogens with two attached hydrogens (primary N) is 1. The molecule has 78 valence electrons. The number of hydrogen-bond donors (Lipinski definition) is 2. The van der Waals surface area contributed by atoms with E-state index in [-0.39, 0.29) is 12.4 Å². The van der Waals surface area contributed by atoms with Crippen molar-refractivity contribution in [2.75, 3.05) is 0 Å². The van der Waals surface area contributed by atoms with Crippen LogP contribution in [0.1, 0.15) is 5.56 Å². The van der Waals surface area contributed by atoms with Crippen molar-refractivity contribution in [2.24, 2.45) is 5.14 Å². The summed E-state index contributed by atoms with van der Waals surface area (Å²) < 4.78 is 26.0. The monoisotopic (exact) mass is 281 g/mol. The van der Waals surface area contributed by atoms with Gasteiger partial charge in [0, 0.05) is 10.0 Å². The number of rotatable bonds is 3. The summed E-state index contributed by atoms with van der Waals surface area (Å²) in [6, 6.07) is 4.59. The smallest absolute Gasteiger partial charge is 0.333 e. The highest BCUT2D eigenvalue weighted by atomic mass is 79.9. The average molecular weight is 282 g/mol. The highest BCUT2D eigenvalue weighted by molar-refractivity contribution is 9.10. The van der Waals surface area contributed by atoms with E-state index in [4.69, 9.17) is 0 Å². The first-order valence-corrected chi connectivity index (χ1v) is 5.79. The molecule has 0 unspecified atom stereocenters. The third kappa shape index (κ3) is 3.62. The van der Waals surface area contributed by atoms with Gasteiger partial charge >= 0.3 is 10.3 Å². The Morgan fingerprint density at radius 1 is 1.50 bits per heavy atom. The van der Waals surface area contributed by atoms with Crippen LogP contribution in [0, 0.1) is 0 Å². The third-order valence-corrected chi connectivity index (χ3v) is 2.36. The number of phenolic OH excluding ortho intramolecular Hbond substituents is 1. The van der Waals surface area contributed by atoms with Crippen molar-refractivity contribution in [3.63, 3.8) is 0 Å². The van der Waals surface area contributed by atoms with Gasteiger partial charge in [-0.3, -0.25) is 4.18 Å². The van der Waals surface area contributed by atoms with E-state index in [0.29, 0.717) is 10.0 Å². The molecule has 0 radical (unpaired) electrons. The van der Waals surface area contributed by atoms with Crippen LogP contribution in [0.15, 0.2) is 22.7 Å². The van der Waals surface area contributed by atoms with Crippen LogP contribution in [-0.2, 0) is 21.1 Å². The molecule has 0 aliphatic rings. The van der Waals surface area contributed by atoms with Gasteiger partial charge in [-0.25, -0.2) is 5.14 Å². The molecule has 0 atom stereocenters. The lowest BCUT2D eigenvalue weighted by atomic mass is 10.2. The van der Waals surface area contributed by atoms with Crippen LogP contribution in [0.5, 0.6) is 5.75 Å². The second-order valence-corrected chi connectivity index (χ2v) is 4.66. The Morgan fingerprint density at radius 2 is 2.14 bits per heavy atom. The Morgan fingerprint density at radius 3 is 2.71 bits per heavy atom. The summed E-state index contributed by atoms with van der Waals surface area (Å²) in [7, 11) is -3.98. The maximum Gasteiger partial charge on any atom is 0.333 e. The van der Waals surface area contributed by atoms with Crippen LogP contribution in [-0.4, -0.2) is 13.5 Å². The van der Waals surface area contributed by atoms with Gasteiger partial charge in [-0.05, 0) is 18.2 Å². The minimum Gasteiger partial charge on any atom is -0.508 e. The topological polar surface area (TPSA) is 89.6 Å². The molecule has 0 saturated heterocycles. The number of hydrogen-bond acceptors (Lipinski definition) is 4. The number of phenols is 1. The van der Waals surface area contributed by atoms with Gasteiger partial charge in [0.1, 0.15) is 5.75 Å². The van der Waals surface area contributed by atoms with Crippen LogP contribution < -0.4 is 5.14 Å². The Bertz CT molecular complexity index is 431. The third-order valence-electron chi connectivity index (χ3n) is 1.42. The van der Waals surface area contributed by atoms with Crippen LogP contribution in [0.4, 0.5) is 0 Å². The van der Waals surface area contributed by atoms with Gasteiger partial charge < -0.3 is 5.11 Å². The maximum absolute atomic E-state index is 10.5. The van der Waals surface area contributed by atoms with Crippen molar-refractivity contribution >= 4 is 26.2 Å². The molecule has 14 heavy (non-hydrogen) atoms. The van der Waals surface area contributed by atoms with Crippen molar-refractivity contribution in [1.82, 2.24) is 0 Å². The normalized spacial score (nSPS) is 11.6. The summed E-state index contributed by atoms with van der Waals surface area (Å²) in [6.45, 7) is -0.288. The van der Waals surface area contributed by atoms with Gasteiger partial charge in [0.05, 0.1) is 6.61 Å². The molecule has 0 aliphatic carbocycles. The Balaban J connectivity index is 2.81. The largest absolute Gasteiger partial charge is 0.508 e. The maximum atomic E-state index is 10.5. The molecule has 0 spiro atoms. The molecule has 0 bridgehead atoms. The lowest BCUT2D eigenvalue weighted by Crippen LogP contribution is -2.15. The fraction of sp³-hybridized carbons (Fsp3) is 0.143. The quantitative estimate of drug-likeness (QED) is 0.861. The van der Waals surface area contributed by atoms with E-state index in [1.54, 1.807) is 12.1 Å². The number of halogens is 1. The van der Waals surface area contributed by atoms with Crippen LogP contribution in [0.2, 0.25) is 0 Å². The fourth-order valence-electron chi connectivity index (χ4n) is 0.815. The second kappa shape index (κ2) is 4.26. The summed E-state index contributed by atoms with van der Waals surface area (Å²) in [5, 5.41) is 13.9. The van der Waals surface area contributed by atoms with Gasteiger partial charge in [-0.2, -0.15) is 8.42 Å². The Hall–Kier alpha value is -0.630. The minimum atomic E-state index is -3.98. The molecule has 0 aliphatic heterocycles. The SMILES string of the molecule is NS(=O)(=O)OCc1cc(Br)ccc1O. The molecule has 0 aromatic heterocycles. The highest BCUT2D eigenvalue weighted by Gasteiger charge is 2.07. The zero-order valence-corrected chi connectivity index (χ0v) is 9.38. The molecule has 0 amide bonds. The second-order valence-electron chi connectivity index (χ2n) is 2.53. The summed E-state index contributed by atoms with van der Waals surface area (Å²) >= 11 is 3.17. The molecular formula is C7H8BrNO4S. The Kier molecular flexibility index (Phi) is 3.48. The molecule has 3 N–H and O–H groups in total. The molecule has 7 heteroatoms. The van der Waals surface area contributed by atoms with Crippen molar-refractivity contribution in [1.29, 1.82) is 0 Å². The van der Waals surface area contributed by atoms with E-state index in [9.17, 15) is 13.5 Å². The van der Waals surface area contributed by atoms with Crippen LogP contribution in [0.25, 0.3) is 0 Å². The molecule has 1 aromatic rings. The van der Waals surface area contributed by atoms with E-state index in [0.717, 1.165) is 0 Å². The first-order chi connectivity index (χ1) is 6.38. The number of aromatic hydroxyl groups is 1. The summed E-state index contributed by atoms with van der Waals surface area (Å²) in [4.78, 5) is 0. The van der Waals surface area contributed by atoms with Crippen molar-refractivity contribution in [3.8, 4) is 5.75 Å². The van der Waals surface area contributed by atoms with Gasteiger partial charge in [-0.15, -0.1) is 0 Å². The summed E-state index contributed by atoms with van der Waals surface area (Å²) in [5.74, 6) is -0.0446. The Labute approximate surface area is 89.9 Å². The van der Waals surface area contributed by atoms with E-state index in [1.165, 1.54) is 6.07 Å².